The van der Waals surface area contributed by atoms with Gasteiger partial charge in [0.15, 0.2) is 0 Å². The summed E-state index contributed by atoms with van der Waals surface area (Å²) in [5.74, 6) is 3.61. The van der Waals surface area contributed by atoms with Crippen molar-refractivity contribution in [2.45, 2.75) is 43.7 Å². The molecule has 1 saturated carbocycles. The second-order valence-corrected chi connectivity index (χ2v) is 6.61. The predicted molar refractivity (Wildman–Crippen MR) is 66.4 cm³/mol. The highest BCUT2D eigenvalue weighted by Gasteiger charge is 2.40. The molecule has 0 bridgehead atoms. The Morgan fingerprint density at radius 1 is 1.20 bits per heavy atom. The minimum Gasteiger partial charge on any atom is -0.315 e. The first-order valence-corrected chi connectivity index (χ1v) is 7.60. The third kappa shape index (κ3) is 2.06. The van der Waals surface area contributed by atoms with Crippen LogP contribution in [0.4, 0.5) is 0 Å². The normalized spacial score (nSPS) is 46.4. The Balaban J connectivity index is 1.73. The lowest BCUT2D eigenvalue weighted by Gasteiger charge is -2.39. The molecule has 2 aliphatic heterocycles. The zero-order chi connectivity index (χ0) is 10.1. The summed E-state index contributed by atoms with van der Waals surface area (Å²) in [6, 6.07) is 0.818. The summed E-state index contributed by atoms with van der Waals surface area (Å²) in [6.45, 7) is 2.46. The molecular formula is C12H22N2S. The molecule has 3 rings (SSSR count). The van der Waals surface area contributed by atoms with Gasteiger partial charge in [0.2, 0.25) is 0 Å². The van der Waals surface area contributed by atoms with E-state index >= 15 is 0 Å². The lowest BCUT2D eigenvalue weighted by Crippen LogP contribution is -2.57. The van der Waals surface area contributed by atoms with E-state index in [1.54, 1.807) is 0 Å². The monoisotopic (exact) mass is 226 g/mol. The molecule has 2 nitrogen and oxygen atoms in total. The molecule has 3 fully saturated rings. The lowest BCUT2D eigenvalue weighted by atomic mass is 9.93. The maximum atomic E-state index is 4.01. The van der Waals surface area contributed by atoms with Crippen LogP contribution in [0.15, 0.2) is 0 Å². The molecule has 2 N–H and O–H groups in total. The zero-order valence-corrected chi connectivity index (χ0v) is 10.2. The van der Waals surface area contributed by atoms with Crippen molar-refractivity contribution in [1.29, 1.82) is 0 Å². The fourth-order valence-electron chi connectivity index (χ4n) is 3.52. The van der Waals surface area contributed by atoms with Crippen molar-refractivity contribution in [3.8, 4) is 0 Å². The van der Waals surface area contributed by atoms with Gasteiger partial charge in [-0.25, -0.2) is 0 Å². The van der Waals surface area contributed by atoms with E-state index < -0.39 is 0 Å². The van der Waals surface area contributed by atoms with E-state index in [0.717, 1.165) is 12.0 Å². The van der Waals surface area contributed by atoms with Crippen LogP contribution in [0, 0.1) is 5.92 Å². The predicted octanol–water partition coefficient (Wildman–Crippen LogP) is 1.61. The first kappa shape index (κ1) is 10.4. The molecule has 3 atom stereocenters. The van der Waals surface area contributed by atoms with Crippen LogP contribution in [0.5, 0.6) is 0 Å². The number of hydrogen-bond donors (Lipinski definition) is 2. The fraction of sp³-hybridized carbons (Fsp3) is 1.00. The minimum atomic E-state index is 0.437. The molecule has 1 spiro atoms. The van der Waals surface area contributed by atoms with Gasteiger partial charge >= 0.3 is 0 Å². The third-order valence-electron chi connectivity index (χ3n) is 4.34. The van der Waals surface area contributed by atoms with Crippen molar-refractivity contribution in [1.82, 2.24) is 10.6 Å². The summed E-state index contributed by atoms with van der Waals surface area (Å²) in [4.78, 5) is 0. The van der Waals surface area contributed by atoms with E-state index in [9.17, 15) is 0 Å². The van der Waals surface area contributed by atoms with E-state index in [2.05, 4.69) is 22.4 Å². The smallest absolute Gasteiger partial charge is 0.0400 e. The average Bonchev–Trinajstić information content (AvgIpc) is 2.61. The zero-order valence-electron chi connectivity index (χ0n) is 9.43. The molecule has 1 aliphatic carbocycles. The van der Waals surface area contributed by atoms with Crippen molar-refractivity contribution >= 4 is 11.8 Å². The number of nitrogens with one attached hydrogen (secondary N) is 2. The quantitative estimate of drug-likeness (QED) is 0.656. The van der Waals surface area contributed by atoms with E-state index in [4.69, 9.17) is 0 Å². The van der Waals surface area contributed by atoms with E-state index in [1.807, 2.05) is 0 Å². The molecular weight excluding hydrogens is 204 g/mol. The Morgan fingerprint density at radius 3 is 3.07 bits per heavy atom. The Kier molecular flexibility index (Phi) is 2.97. The van der Waals surface area contributed by atoms with Crippen molar-refractivity contribution < 1.29 is 0 Å². The minimum absolute atomic E-state index is 0.437. The molecule has 3 aliphatic rings. The summed E-state index contributed by atoms with van der Waals surface area (Å²) < 4.78 is 0. The highest BCUT2D eigenvalue weighted by atomic mass is 32.2. The Bertz CT molecular complexity index is 226. The summed E-state index contributed by atoms with van der Waals surface area (Å²) in [5, 5.41) is 7.71. The van der Waals surface area contributed by atoms with Gasteiger partial charge in [-0.05, 0) is 43.9 Å². The van der Waals surface area contributed by atoms with Gasteiger partial charge in [0, 0.05) is 23.9 Å². The third-order valence-corrected chi connectivity index (χ3v) is 5.68. The van der Waals surface area contributed by atoms with Gasteiger partial charge in [0.05, 0.1) is 0 Å². The molecule has 15 heavy (non-hydrogen) atoms. The largest absolute Gasteiger partial charge is 0.315 e. The van der Waals surface area contributed by atoms with Gasteiger partial charge in [-0.15, -0.1) is 0 Å². The molecule has 0 amide bonds. The molecule has 0 aromatic rings. The fourth-order valence-corrected chi connectivity index (χ4v) is 4.73. The summed E-state index contributed by atoms with van der Waals surface area (Å²) in [6.07, 6.45) is 7.08. The Hall–Kier alpha value is 0.270. The second kappa shape index (κ2) is 4.27. The highest BCUT2D eigenvalue weighted by molar-refractivity contribution is 7.99. The van der Waals surface area contributed by atoms with Gasteiger partial charge in [-0.2, -0.15) is 11.8 Å². The standard InChI is InChI=1S/C12H22N2S/c1-3-10-7-13-8-12(14-11(10)4-1)5-2-6-15-9-12/h10-11,13-14H,1-9H2. The molecule has 0 radical (unpaired) electrons. The maximum absolute atomic E-state index is 4.01. The number of hydrogen-bond acceptors (Lipinski definition) is 3. The number of thioether (sulfide) groups is 1. The van der Waals surface area contributed by atoms with Gasteiger partial charge in [-0.1, -0.05) is 6.42 Å². The average molecular weight is 226 g/mol. The Morgan fingerprint density at radius 2 is 2.20 bits per heavy atom. The van der Waals surface area contributed by atoms with Crippen LogP contribution >= 0.6 is 11.8 Å². The van der Waals surface area contributed by atoms with E-state index in [1.165, 1.54) is 56.7 Å². The van der Waals surface area contributed by atoms with Gasteiger partial charge in [-0.3, -0.25) is 0 Å². The Labute approximate surface area is 97.0 Å². The van der Waals surface area contributed by atoms with Crippen molar-refractivity contribution in [2.75, 3.05) is 24.6 Å². The van der Waals surface area contributed by atoms with Crippen LogP contribution < -0.4 is 10.6 Å². The van der Waals surface area contributed by atoms with Crippen LogP contribution in [-0.2, 0) is 0 Å². The molecule has 86 valence electrons. The topological polar surface area (TPSA) is 24.1 Å². The highest BCUT2D eigenvalue weighted by Crippen LogP contribution is 2.33. The second-order valence-electron chi connectivity index (χ2n) is 5.51. The van der Waals surface area contributed by atoms with Crippen LogP contribution in [0.2, 0.25) is 0 Å². The van der Waals surface area contributed by atoms with Crippen molar-refractivity contribution in [3.63, 3.8) is 0 Å². The SMILES string of the molecule is C1CC2CNCC3(CCCSC3)NC2C1. The van der Waals surface area contributed by atoms with Crippen LogP contribution in [0.1, 0.15) is 32.1 Å². The molecule has 3 heteroatoms. The van der Waals surface area contributed by atoms with E-state index in [0.29, 0.717) is 5.54 Å². The molecule has 0 aromatic carbocycles. The number of fused-ring (bicyclic) bond motifs is 1. The van der Waals surface area contributed by atoms with Crippen LogP contribution in [0.3, 0.4) is 0 Å². The molecule has 2 saturated heterocycles. The van der Waals surface area contributed by atoms with E-state index in [-0.39, 0.29) is 0 Å². The van der Waals surface area contributed by atoms with Crippen molar-refractivity contribution in [3.05, 3.63) is 0 Å². The van der Waals surface area contributed by atoms with Gasteiger partial charge < -0.3 is 10.6 Å². The summed E-state index contributed by atoms with van der Waals surface area (Å²) in [7, 11) is 0. The molecule has 0 aromatic heterocycles. The number of rotatable bonds is 0. The summed E-state index contributed by atoms with van der Waals surface area (Å²) in [5.41, 5.74) is 0.437. The molecule has 2 heterocycles. The maximum Gasteiger partial charge on any atom is 0.0400 e. The summed E-state index contributed by atoms with van der Waals surface area (Å²) >= 11 is 2.14. The lowest BCUT2D eigenvalue weighted by molar-refractivity contribution is 0.290. The van der Waals surface area contributed by atoms with Crippen LogP contribution in [-0.4, -0.2) is 36.2 Å². The van der Waals surface area contributed by atoms with Gasteiger partial charge in [0.1, 0.15) is 0 Å². The first-order valence-electron chi connectivity index (χ1n) is 6.44. The molecule has 3 unspecified atom stereocenters. The van der Waals surface area contributed by atoms with Crippen LogP contribution in [0.25, 0.3) is 0 Å². The first-order chi connectivity index (χ1) is 7.38. The van der Waals surface area contributed by atoms with Gasteiger partial charge in [0.25, 0.3) is 0 Å². The van der Waals surface area contributed by atoms with Crippen molar-refractivity contribution in [2.24, 2.45) is 5.92 Å².